The van der Waals surface area contributed by atoms with E-state index in [0.29, 0.717) is 13.2 Å². The Balaban J connectivity index is 2.25. The van der Waals surface area contributed by atoms with E-state index >= 15 is 0 Å². The molecule has 1 unspecified atom stereocenters. The largest absolute Gasteiger partial charge is 0.466 e. The van der Waals surface area contributed by atoms with Crippen molar-refractivity contribution >= 4 is 5.97 Å². The molecule has 3 heteroatoms. The quantitative estimate of drug-likeness (QED) is 0.516. The molecule has 1 rings (SSSR count). The highest BCUT2D eigenvalue weighted by atomic mass is 16.5. The van der Waals surface area contributed by atoms with Crippen LogP contribution in [-0.2, 0) is 9.53 Å². The molecule has 0 aromatic heterocycles. The predicted molar refractivity (Wildman–Crippen MR) is 36.6 cm³/mol. The van der Waals surface area contributed by atoms with Crippen LogP contribution >= 0.6 is 0 Å². The van der Waals surface area contributed by atoms with Gasteiger partial charge in [-0.05, 0) is 13.3 Å². The molecular formula is C7H12NO2. The van der Waals surface area contributed by atoms with Crippen molar-refractivity contribution in [1.82, 2.24) is 5.32 Å². The van der Waals surface area contributed by atoms with Crippen LogP contribution in [0, 0.1) is 5.92 Å². The van der Waals surface area contributed by atoms with Gasteiger partial charge in [0.2, 0.25) is 0 Å². The van der Waals surface area contributed by atoms with Gasteiger partial charge in [0.25, 0.3) is 0 Å². The summed E-state index contributed by atoms with van der Waals surface area (Å²) in [6, 6.07) is 0. The first-order valence-electron chi connectivity index (χ1n) is 3.64. The van der Waals surface area contributed by atoms with E-state index in [1.165, 1.54) is 0 Å². The van der Waals surface area contributed by atoms with Crippen LogP contribution in [0.5, 0.6) is 0 Å². The summed E-state index contributed by atoms with van der Waals surface area (Å²) in [5.74, 6) is -0.0244. The molecule has 1 saturated heterocycles. The first kappa shape index (κ1) is 7.54. The minimum Gasteiger partial charge on any atom is -0.466 e. The molecule has 0 N–H and O–H groups in total. The topological polar surface area (TPSA) is 40.4 Å². The number of rotatable bonds is 2. The average Bonchev–Trinajstić information content (AvgIpc) is 2.38. The Kier molecular flexibility index (Phi) is 2.68. The van der Waals surface area contributed by atoms with E-state index in [-0.39, 0.29) is 11.9 Å². The lowest BCUT2D eigenvalue weighted by Gasteiger charge is -2.05. The van der Waals surface area contributed by atoms with Crippen LogP contribution < -0.4 is 5.32 Å². The van der Waals surface area contributed by atoms with Crippen LogP contribution in [0.1, 0.15) is 13.3 Å². The first-order valence-corrected chi connectivity index (χ1v) is 3.64. The fourth-order valence-electron chi connectivity index (χ4n) is 1.04. The summed E-state index contributed by atoms with van der Waals surface area (Å²) in [4.78, 5) is 11.0. The van der Waals surface area contributed by atoms with Gasteiger partial charge in [0.05, 0.1) is 12.5 Å². The minimum absolute atomic E-state index is 0.0555. The van der Waals surface area contributed by atoms with Gasteiger partial charge in [-0.15, -0.1) is 0 Å². The van der Waals surface area contributed by atoms with Gasteiger partial charge in [0.15, 0.2) is 0 Å². The summed E-state index contributed by atoms with van der Waals surface area (Å²) < 4.78 is 4.83. The molecule has 1 fully saturated rings. The van der Waals surface area contributed by atoms with Gasteiger partial charge < -0.3 is 4.74 Å². The third-order valence-electron chi connectivity index (χ3n) is 1.61. The minimum atomic E-state index is -0.0799. The lowest BCUT2D eigenvalue weighted by Crippen LogP contribution is -2.18. The number of nitrogens with zero attached hydrogens (tertiary/aromatic N) is 1. The van der Waals surface area contributed by atoms with Gasteiger partial charge in [0, 0.05) is 13.1 Å². The Hall–Kier alpha value is -0.570. The number of hydrogen-bond acceptors (Lipinski definition) is 2. The molecule has 57 valence electrons. The van der Waals surface area contributed by atoms with Crippen molar-refractivity contribution in [2.45, 2.75) is 13.3 Å². The molecule has 0 spiro atoms. The van der Waals surface area contributed by atoms with Crippen molar-refractivity contribution in [3.05, 3.63) is 0 Å². The Morgan fingerprint density at radius 2 is 2.60 bits per heavy atom. The van der Waals surface area contributed by atoms with Gasteiger partial charge >= 0.3 is 5.97 Å². The maximum atomic E-state index is 11.0. The Labute approximate surface area is 60.7 Å². The number of hydrogen-bond donors (Lipinski definition) is 0. The van der Waals surface area contributed by atoms with Crippen molar-refractivity contribution in [2.24, 2.45) is 5.92 Å². The summed E-state index contributed by atoms with van der Waals surface area (Å²) in [5, 5.41) is 4.07. The highest BCUT2D eigenvalue weighted by molar-refractivity contribution is 5.73. The molecular weight excluding hydrogens is 130 g/mol. The third kappa shape index (κ3) is 1.70. The van der Waals surface area contributed by atoms with E-state index in [2.05, 4.69) is 5.32 Å². The van der Waals surface area contributed by atoms with Crippen molar-refractivity contribution in [3.8, 4) is 0 Å². The van der Waals surface area contributed by atoms with Gasteiger partial charge in [-0.3, -0.25) is 4.79 Å². The number of esters is 1. The maximum Gasteiger partial charge on any atom is 0.310 e. The van der Waals surface area contributed by atoms with E-state index in [4.69, 9.17) is 4.74 Å². The molecule has 3 nitrogen and oxygen atoms in total. The van der Waals surface area contributed by atoms with E-state index in [1.807, 2.05) is 6.92 Å². The fourth-order valence-corrected chi connectivity index (χ4v) is 1.04. The maximum absolute atomic E-state index is 11.0. The highest BCUT2D eigenvalue weighted by Crippen LogP contribution is 2.09. The number of carbonyl (C=O) groups excluding carboxylic acids is 1. The van der Waals surface area contributed by atoms with Crippen LogP contribution in [0.25, 0.3) is 0 Å². The normalized spacial score (nSPS) is 24.7. The molecule has 0 saturated carbocycles. The van der Waals surface area contributed by atoms with Crippen molar-refractivity contribution < 1.29 is 9.53 Å². The van der Waals surface area contributed by atoms with Gasteiger partial charge in [0.1, 0.15) is 0 Å². The molecule has 1 radical (unpaired) electrons. The van der Waals surface area contributed by atoms with Crippen LogP contribution in [0.3, 0.4) is 0 Å². The zero-order chi connectivity index (χ0) is 7.40. The molecule has 1 atom stereocenters. The summed E-state index contributed by atoms with van der Waals surface area (Å²) in [7, 11) is 0. The van der Waals surface area contributed by atoms with E-state index < -0.39 is 0 Å². The predicted octanol–water partition coefficient (Wildman–Crippen LogP) is 0.174. The van der Waals surface area contributed by atoms with Gasteiger partial charge in [-0.25, -0.2) is 5.32 Å². The van der Waals surface area contributed by atoms with Gasteiger partial charge in [-0.2, -0.15) is 0 Å². The smallest absolute Gasteiger partial charge is 0.310 e. The standard InChI is InChI=1S/C7H12NO2/c1-2-10-7(9)6-3-4-8-5-6/h6H,2-5H2,1H3. The van der Waals surface area contributed by atoms with Crippen molar-refractivity contribution in [3.63, 3.8) is 0 Å². The molecule has 1 aliphatic heterocycles. The molecule has 1 aliphatic rings. The molecule has 0 aromatic carbocycles. The lowest BCUT2D eigenvalue weighted by molar-refractivity contribution is -0.147. The zero-order valence-electron chi connectivity index (χ0n) is 6.17. The molecule has 0 amide bonds. The fraction of sp³-hybridized carbons (Fsp3) is 0.857. The lowest BCUT2D eigenvalue weighted by atomic mass is 10.1. The van der Waals surface area contributed by atoms with E-state index in [9.17, 15) is 4.79 Å². The summed E-state index contributed by atoms with van der Waals surface area (Å²) in [6.45, 7) is 3.79. The van der Waals surface area contributed by atoms with Crippen molar-refractivity contribution in [1.29, 1.82) is 0 Å². The second kappa shape index (κ2) is 3.56. The van der Waals surface area contributed by atoms with Crippen LogP contribution in [0.15, 0.2) is 0 Å². The summed E-state index contributed by atoms with van der Waals surface area (Å²) >= 11 is 0. The molecule has 0 aromatic rings. The molecule has 0 bridgehead atoms. The first-order chi connectivity index (χ1) is 4.84. The van der Waals surface area contributed by atoms with Crippen molar-refractivity contribution in [2.75, 3.05) is 19.7 Å². The average molecular weight is 142 g/mol. The summed E-state index contributed by atoms with van der Waals surface area (Å²) in [5.41, 5.74) is 0. The third-order valence-corrected chi connectivity index (χ3v) is 1.61. The SMILES string of the molecule is CCOC(=O)C1CC[N]C1. The van der Waals surface area contributed by atoms with Gasteiger partial charge in [-0.1, -0.05) is 0 Å². The highest BCUT2D eigenvalue weighted by Gasteiger charge is 2.23. The zero-order valence-corrected chi connectivity index (χ0v) is 6.17. The monoisotopic (exact) mass is 142 g/mol. The second-order valence-electron chi connectivity index (χ2n) is 2.37. The van der Waals surface area contributed by atoms with Crippen LogP contribution in [0.2, 0.25) is 0 Å². The molecule has 10 heavy (non-hydrogen) atoms. The van der Waals surface area contributed by atoms with E-state index in [0.717, 1.165) is 13.0 Å². The molecule has 1 heterocycles. The number of ether oxygens (including phenoxy) is 1. The van der Waals surface area contributed by atoms with Crippen LogP contribution in [0.4, 0.5) is 0 Å². The number of carbonyl (C=O) groups is 1. The van der Waals surface area contributed by atoms with E-state index in [1.54, 1.807) is 0 Å². The Bertz CT molecular complexity index is 119. The van der Waals surface area contributed by atoms with Crippen LogP contribution in [-0.4, -0.2) is 25.7 Å². The Morgan fingerprint density at radius 3 is 3.10 bits per heavy atom. The second-order valence-corrected chi connectivity index (χ2v) is 2.37. The Morgan fingerprint density at radius 1 is 1.80 bits per heavy atom. The molecule has 0 aliphatic carbocycles. The summed E-state index contributed by atoms with van der Waals surface area (Å²) in [6.07, 6.45) is 0.874.